The van der Waals surface area contributed by atoms with Crippen molar-refractivity contribution in [1.82, 2.24) is 9.97 Å². The number of imidazole rings is 1. The van der Waals surface area contributed by atoms with Gasteiger partial charge in [-0.1, -0.05) is 35.9 Å². The number of nitrogens with zero attached hydrogens (tertiary/aromatic N) is 1. The minimum Gasteiger partial charge on any atom is -0.385 e. The molecule has 3 N–H and O–H groups in total. The SMILES string of the molecule is O[C@H](c1nc2ccccc2[nH]1)[C@@H](O)c1ccc(Cl)cc1. The van der Waals surface area contributed by atoms with E-state index in [1.807, 2.05) is 24.3 Å². The fourth-order valence-electron chi connectivity index (χ4n) is 2.10. The largest absolute Gasteiger partial charge is 0.385 e. The lowest BCUT2D eigenvalue weighted by atomic mass is 10.0. The van der Waals surface area contributed by atoms with Gasteiger partial charge in [-0.3, -0.25) is 0 Å². The molecule has 0 bridgehead atoms. The molecule has 0 saturated carbocycles. The molecule has 0 saturated heterocycles. The van der Waals surface area contributed by atoms with E-state index in [1.54, 1.807) is 24.3 Å². The molecule has 0 unspecified atom stereocenters. The molecule has 0 radical (unpaired) electrons. The normalized spacial score (nSPS) is 14.3. The molecule has 2 aromatic carbocycles. The first kappa shape index (κ1) is 13.1. The standard InChI is InChI=1S/C15H13ClN2O2/c16-10-7-5-9(6-8-10)13(19)14(20)15-17-11-3-1-2-4-12(11)18-15/h1-8,13-14,19-20H,(H,17,18)/t13-,14-/m0/s1. The zero-order chi connectivity index (χ0) is 14.1. The van der Waals surface area contributed by atoms with Crippen LogP contribution in [0.1, 0.15) is 23.6 Å². The number of rotatable bonds is 3. The average Bonchev–Trinajstić information content (AvgIpc) is 2.90. The monoisotopic (exact) mass is 288 g/mol. The van der Waals surface area contributed by atoms with Gasteiger partial charge in [0.1, 0.15) is 18.0 Å². The number of aromatic amines is 1. The van der Waals surface area contributed by atoms with E-state index in [1.165, 1.54) is 0 Å². The minimum atomic E-state index is -1.12. The van der Waals surface area contributed by atoms with Crippen molar-refractivity contribution in [2.24, 2.45) is 0 Å². The number of aliphatic hydroxyl groups excluding tert-OH is 2. The fourth-order valence-corrected chi connectivity index (χ4v) is 2.23. The van der Waals surface area contributed by atoms with Crippen molar-refractivity contribution >= 4 is 22.6 Å². The van der Waals surface area contributed by atoms with Crippen LogP contribution in [-0.2, 0) is 0 Å². The molecular formula is C15H13ClN2O2. The number of nitrogens with one attached hydrogen (secondary N) is 1. The van der Waals surface area contributed by atoms with Gasteiger partial charge in [-0.2, -0.15) is 0 Å². The van der Waals surface area contributed by atoms with E-state index in [9.17, 15) is 10.2 Å². The Bertz CT molecular complexity index is 691. The number of aromatic nitrogens is 2. The van der Waals surface area contributed by atoms with Gasteiger partial charge in [-0.25, -0.2) is 4.98 Å². The molecule has 5 heteroatoms. The molecular weight excluding hydrogens is 276 g/mol. The van der Waals surface area contributed by atoms with Crippen LogP contribution in [0.2, 0.25) is 5.02 Å². The second-order valence-corrected chi connectivity index (χ2v) is 5.02. The summed E-state index contributed by atoms with van der Waals surface area (Å²) in [5.74, 6) is 0.341. The Morgan fingerprint density at radius 2 is 1.65 bits per heavy atom. The van der Waals surface area contributed by atoms with Gasteiger partial charge >= 0.3 is 0 Å². The average molecular weight is 289 g/mol. The molecule has 1 heterocycles. The van der Waals surface area contributed by atoms with Crippen LogP contribution in [0.3, 0.4) is 0 Å². The summed E-state index contributed by atoms with van der Waals surface area (Å²) in [4.78, 5) is 7.30. The molecule has 2 atom stereocenters. The lowest BCUT2D eigenvalue weighted by Gasteiger charge is -2.16. The summed E-state index contributed by atoms with van der Waals surface area (Å²) < 4.78 is 0. The maximum atomic E-state index is 10.2. The number of hydrogen-bond donors (Lipinski definition) is 3. The summed E-state index contributed by atoms with van der Waals surface area (Å²) in [5, 5.41) is 21.0. The minimum absolute atomic E-state index is 0.341. The van der Waals surface area contributed by atoms with E-state index < -0.39 is 12.2 Å². The molecule has 1 aromatic heterocycles. The summed E-state index contributed by atoms with van der Waals surface area (Å²) in [5.41, 5.74) is 2.16. The zero-order valence-corrected chi connectivity index (χ0v) is 11.2. The molecule has 0 fully saturated rings. The first-order chi connectivity index (χ1) is 9.65. The Morgan fingerprint density at radius 1 is 0.950 bits per heavy atom. The molecule has 3 rings (SSSR count). The van der Waals surface area contributed by atoms with Crippen LogP contribution in [0.5, 0.6) is 0 Å². The van der Waals surface area contributed by atoms with Gasteiger partial charge in [0.25, 0.3) is 0 Å². The molecule has 0 aliphatic carbocycles. The van der Waals surface area contributed by atoms with Crippen LogP contribution < -0.4 is 0 Å². The van der Waals surface area contributed by atoms with Crippen LogP contribution in [0, 0.1) is 0 Å². The van der Waals surface area contributed by atoms with Crippen molar-refractivity contribution in [2.75, 3.05) is 0 Å². The third-order valence-corrected chi connectivity index (χ3v) is 3.45. The highest BCUT2D eigenvalue weighted by atomic mass is 35.5. The van der Waals surface area contributed by atoms with Crippen molar-refractivity contribution in [3.63, 3.8) is 0 Å². The molecule has 4 nitrogen and oxygen atoms in total. The summed E-state index contributed by atoms with van der Waals surface area (Å²) in [6, 6.07) is 14.2. The maximum Gasteiger partial charge on any atom is 0.142 e. The topological polar surface area (TPSA) is 69.1 Å². The van der Waals surface area contributed by atoms with Crippen LogP contribution >= 0.6 is 11.6 Å². The lowest BCUT2D eigenvalue weighted by molar-refractivity contribution is 0.0125. The Balaban J connectivity index is 1.90. The van der Waals surface area contributed by atoms with E-state index in [-0.39, 0.29) is 0 Å². The zero-order valence-electron chi connectivity index (χ0n) is 10.5. The highest BCUT2D eigenvalue weighted by Crippen LogP contribution is 2.28. The third-order valence-electron chi connectivity index (χ3n) is 3.20. The summed E-state index contributed by atoms with van der Waals surface area (Å²) >= 11 is 5.80. The van der Waals surface area contributed by atoms with Gasteiger partial charge in [-0.15, -0.1) is 0 Å². The molecule has 0 spiro atoms. The fraction of sp³-hybridized carbons (Fsp3) is 0.133. The number of para-hydroxylation sites is 2. The molecule has 102 valence electrons. The van der Waals surface area contributed by atoms with E-state index >= 15 is 0 Å². The number of fused-ring (bicyclic) bond motifs is 1. The van der Waals surface area contributed by atoms with Gasteiger partial charge < -0.3 is 15.2 Å². The van der Waals surface area contributed by atoms with Crippen molar-refractivity contribution in [2.45, 2.75) is 12.2 Å². The predicted molar refractivity (Wildman–Crippen MR) is 77.5 cm³/mol. The quantitative estimate of drug-likeness (QED) is 0.694. The Labute approximate surface area is 120 Å². The highest BCUT2D eigenvalue weighted by molar-refractivity contribution is 6.30. The first-order valence-electron chi connectivity index (χ1n) is 6.21. The molecule has 0 aliphatic heterocycles. The number of benzene rings is 2. The van der Waals surface area contributed by atoms with Crippen LogP contribution in [0.25, 0.3) is 11.0 Å². The Morgan fingerprint density at radius 3 is 2.35 bits per heavy atom. The third kappa shape index (κ3) is 2.41. The van der Waals surface area contributed by atoms with E-state index in [0.717, 1.165) is 11.0 Å². The van der Waals surface area contributed by atoms with Crippen LogP contribution in [-0.4, -0.2) is 20.2 Å². The van der Waals surface area contributed by atoms with Crippen LogP contribution in [0.15, 0.2) is 48.5 Å². The van der Waals surface area contributed by atoms with Gasteiger partial charge in [0.15, 0.2) is 0 Å². The number of hydrogen-bond acceptors (Lipinski definition) is 3. The number of aliphatic hydroxyl groups is 2. The Hall–Kier alpha value is -1.88. The van der Waals surface area contributed by atoms with Gasteiger partial charge in [0.2, 0.25) is 0 Å². The second kappa shape index (κ2) is 5.25. The summed E-state index contributed by atoms with van der Waals surface area (Å²) in [6.45, 7) is 0. The van der Waals surface area contributed by atoms with Crippen LogP contribution in [0.4, 0.5) is 0 Å². The first-order valence-corrected chi connectivity index (χ1v) is 6.59. The second-order valence-electron chi connectivity index (χ2n) is 4.58. The van der Waals surface area contributed by atoms with Gasteiger partial charge in [0, 0.05) is 5.02 Å². The van der Waals surface area contributed by atoms with E-state index in [0.29, 0.717) is 16.4 Å². The number of H-pyrrole nitrogens is 1. The molecule has 20 heavy (non-hydrogen) atoms. The van der Waals surface area contributed by atoms with Crippen molar-refractivity contribution in [3.8, 4) is 0 Å². The summed E-state index contributed by atoms with van der Waals surface area (Å²) in [7, 11) is 0. The van der Waals surface area contributed by atoms with Crippen molar-refractivity contribution in [3.05, 3.63) is 64.9 Å². The lowest BCUT2D eigenvalue weighted by Crippen LogP contribution is -2.11. The van der Waals surface area contributed by atoms with Gasteiger partial charge in [-0.05, 0) is 29.8 Å². The summed E-state index contributed by atoms with van der Waals surface area (Å²) in [6.07, 6.45) is -2.18. The van der Waals surface area contributed by atoms with Crippen molar-refractivity contribution < 1.29 is 10.2 Å². The predicted octanol–water partition coefficient (Wildman–Crippen LogP) is 2.98. The smallest absolute Gasteiger partial charge is 0.142 e. The number of halogens is 1. The van der Waals surface area contributed by atoms with Gasteiger partial charge in [0.05, 0.1) is 11.0 Å². The molecule has 0 aliphatic rings. The van der Waals surface area contributed by atoms with E-state index in [4.69, 9.17) is 11.6 Å². The van der Waals surface area contributed by atoms with E-state index in [2.05, 4.69) is 9.97 Å². The maximum absolute atomic E-state index is 10.2. The highest BCUT2D eigenvalue weighted by Gasteiger charge is 2.23. The Kier molecular flexibility index (Phi) is 3.44. The molecule has 3 aromatic rings. The molecule has 0 amide bonds. The van der Waals surface area contributed by atoms with Crippen molar-refractivity contribution in [1.29, 1.82) is 0 Å².